The highest BCUT2D eigenvalue weighted by Gasteiger charge is 2.16. The van der Waals surface area contributed by atoms with Gasteiger partial charge in [0.15, 0.2) is 5.96 Å². The third-order valence-electron chi connectivity index (χ3n) is 4.22. The number of guanidine groups is 1. The Kier molecular flexibility index (Phi) is 8.54. The first kappa shape index (κ1) is 22.3. The first-order valence-corrected chi connectivity index (χ1v) is 9.02. The van der Waals surface area contributed by atoms with Crippen LogP contribution in [0.15, 0.2) is 58.1 Å². The SMILES string of the molecule is CN=C(NCCCc1nn(-c2ccccc2)c(N)c1C#N)NCc1ccco1.I. The second-order valence-electron chi connectivity index (χ2n) is 6.10. The number of aliphatic imine (C=N–C) groups is 1. The Labute approximate surface area is 186 Å². The van der Waals surface area contributed by atoms with E-state index in [4.69, 9.17) is 10.2 Å². The number of nitriles is 1. The Bertz CT molecular complexity index is 959. The zero-order chi connectivity index (χ0) is 19.8. The molecule has 9 heteroatoms. The second kappa shape index (κ2) is 11.1. The van der Waals surface area contributed by atoms with Gasteiger partial charge in [0.05, 0.1) is 24.2 Å². The third-order valence-corrected chi connectivity index (χ3v) is 4.22. The van der Waals surface area contributed by atoms with Crippen molar-refractivity contribution >= 4 is 35.8 Å². The average Bonchev–Trinajstić information content (AvgIpc) is 3.35. The topological polar surface area (TPSA) is 117 Å². The van der Waals surface area contributed by atoms with Gasteiger partial charge < -0.3 is 20.8 Å². The molecule has 0 fully saturated rings. The molecule has 0 aliphatic rings. The van der Waals surface area contributed by atoms with E-state index in [9.17, 15) is 5.26 Å². The van der Waals surface area contributed by atoms with Crippen molar-refractivity contribution in [1.29, 1.82) is 5.26 Å². The Hall–Kier alpha value is -3.00. The predicted octanol–water partition coefficient (Wildman–Crippen LogP) is 2.83. The van der Waals surface area contributed by atoms with Crippen LogP contribution < -0.4 is 16.4 Å². The quantitative estimate of drug-likeness (QED) is 0.197. The number of aromatic nitrogens is 2. The maximum absolute atomic E-state index is 9.47. The Balaban J connectivity index is 0.00000300. The number of nitrogens with two attached hydrogens (primary N) is 1. The van der Waals surface area contributed by atoms with E-state index < -0.39 is 0 Å². The van der Waals surface area contributed by atoms with E-state index in [-0.39, 0.29) is 24.0 Å². The van der Waals surface area contributed by atoms with E-state index in [2.05, 4.69) is 26.8 Å². The van der Waals surface area contributed by atoms with Crippen LogP contribution in [0.25, 0.3) is 5.69 Å². The highest BCUT2D eigenvalue weighted by atomic mass is 127. The molecule has 8 nitrogen and oxygen atoms in total. The van der Waals surface area contributed by atoms with E-state index in [1.54, 1.807) is 18.0 Å². The van der Waals surface area contributed by atoms with Crippen LogP contribution in [0.3, 0.4) is 0 Å². The fraction of sp³-hybridized carbons (Fsp3) is 0.250. The van der Waals surface area contributed by atoms with E-state index in [0.29, 0.717) is 42.5 Å². The van der Waals surface area contributed by atoms with Gasteiger partial charge >= 0.3 is 0 Å². The smallest absolute Gasteiger partial charge is 0.191 e. The number of benzene rings is 1. The lowest BCUT2D eigenvalue weighted by Crippen LogP contribution is -2.37. The lowest BCUT2D eigenvalue weighted by atomic mass is 10.1. The van der Waals surface area contributed by atoms with Crippen molar-refractivity contribution < 1.29 is 4.42 Å². The van der Waals surface area contributed by atoms with Crippen LogP contribution in [0.5, 0.6) is 0 Å². The fourth-order valence-corrected chi connectivity index (χ4v) is 2.81. The number of rotatable bonds is 7. The Morgan fingerprint density at radius 1 is 1.24 bits per heavy atom. The highest BCUT2D eigenvalue weighted by Crippen LogP contribution is 2.21. The number of anilines is 1. The molecule has 29 heavy (non-hydrogen) atoms. The largest absolute Gasteiger partial charge is 0.467 e. The van der Waals surface area contributed by atoms with E-state index in [1.165, 1.54) is 0 Å². The second-order valence-corrected chi connectivity index (χ2v) is 6.10. The molecule has 0 aliphatic carbocycles. The minimum absolute atomic E-state index is 0. The van der Waals surface area contributed by atoms with E-state index in [1.807, 2.05) is 42.5 Å². The van der Waals surface area contributed by atoms with Gasteiger partial charge in [-0.25, -0.2) is 4.68 Å². The van der Waals surface area contributed by atoms with Crippen LogP contribution in [0, 0.1) is 11.3 Å². The van der Waals surface area contributed by atoms with Crippen LogP contribution in [0.1, 0.15) is 23.4 Å². The Morgan fingerprint density at radius 3 is 2.69 bits per heavy atom. The van der Waals surface area contributed by atoms with Crippen LogP contribution >= 0.6 is 24.0 Å². The molecule has 0 aliphatic heterocycles. The van der Waals surface area contributed by atoms with Gasteiger partial charge in [0, 0.05) is 13.6 Å². The number of para-hydroxylation sites is 1. The van der Waals surface area contributed by atoms with Crippen molar-refractivity contribution in [3.05, 3.63) is 65.7 Å². The molecular weight excluding hydrogens is 481 g/mol. The van der Waals surface area contributed by atoms with Gasteiger partial charge in [0.1, 0.15) is 23.2 Å². The Morgan fingerprint density at radius 2 is 2.03 bits per heavy atom. The average molecular weight is 505 g/mol. The molecule has 0 saturated heterocycles. The molecule has 0 radical (unpaired) electrons. The number of nitrogens with zero attached hydrogens (tertiary/aromatic N) is 4. The maximum atomic E-state index is 9.47. The summed E-state index contributed by atoms with van der Waals surface area (Å²) in [5.74, 6) is 1.89. The first-order valence-electron chi connectivity index (χ1n) is 9.02. The van der Waals surface area contributed by atoms with Crippen molar-refractivity contribution in [3.8, 4) is 11.8 Å². The number of nitrogens with one attached hydrogen (secondary N) is 2. The number of hydrogen-bond acceptors (Lipinski definition) is 5. The summed E-state index contributed by atoms with van der Waals surface area (Å²) in [5, 5.41) is 20.4. The summed E-state index contributed by atoms with van der Waals surface area (Å²) in [5.41, 5.74) is 8.10. The van der Waals surface area contributed by atoms with Gasteiger partial charge in [-0.05, 0) is 37.1 Å². The van der Waals surface area contributed by atoms with Gasteiger partial charge in [0.2, 0.25) is 0 Å². The molecule has 2 aromatic heterocycles. The standard InChI is InChI=1S/C20H23N7O.HI/c1-23-20(25-14-16-9-6-12-28-16)24-11-5-10-18-17(13-21)19(22)27(26-18)15-7-3-2-4-8-15;/h2-4,6-9,12H,5,10-11,14,22H2,1H3,(H2,23,24,25);1H. The summed E-state index contributed by atoms with van der Waals surface area (Å²) in [6, 6.07) is 15.5. The molecule has 0 unspecified atom stereocenters. The zero-order valence-corrected chi connectivity index (χ0v) is 18.5. The number of aryl methyl sites for hydroxylation is 1. The van der Waals surface area contributed by atoms with Crippen LogP contribution in [0.2, 0.25) is 0 Å². The van der Waals surface area contributed by atoms with Gasteiger partial charge in [-0.2, -0.15) is 10.4 Å². The molecule has 1 aromatic carbocycles. The number of furan rings is 1. The van der Waals surface area contributed by atoms with E-state index >= 15 is 0 Å². The molecule has 3 rings (SSSR count). The molecule has 0 amide bonds. The van der Waals surface area contributed by atoms with Crippen LogP contribution in [-0.4, -0.2) is 29.3 Å². The van der Waals surface area contributed by atoms with Gasteiger partial charge in [-0.15, -0.1) is 24.0 Å². The van der Waals surface area contributed by atoms with Crippen molar-refractivity contribution in [2.75, 3.05) is 19.3 Å². The molecule has 4 N–H and O–H groups in total. The molecular formula is C20H24IN7O. The molecule has 0 saturated carbocycles. The lowest BCUT2D eigenvalue weighted by molar-refractivity contribution is 0.501. The number of halogens is 1. The molecule has 0 atom stereocenters. The van der Waals surface area contributed by atoms with Crippen LogP contribution in [-0.2, 0) is 13.0 Å². The van der Waals surface area contributed by atoms with Crippen LogP contribution in [0.4, 0.5) is 5.82 Å². The van der Waals surface area contributed by atoms with Crippen molar-refractivity contribution in [3.63, 3.8) is 0 Å². The molecule has 0 bridgehead atoms. The molecule has 2 heterocycles. The summed E-state index contributed by atoms with van der Waals surface area (Å²) >= 11 is 0. The van der Waals surface area contributed by atoms with Crippen molar-refractivity contribution in [2.45, 2.75) is 19.4 Å². The van der Waals surface area contributed by atoms with Gasteiger partial charge in [-0.3, -0.25) is 4.99 Å². The van der Waals surface area contributed by atoms with Gasteiger partial charge in [0.25, 0.3) is 0 Å². The third kappa shape index (κ3) is 5.74. The molecule has 0 spiro atoms. The monoisotopic (exact) mass is 505 g/mol. The van der Waals surface area contributed by atoms with E-state index in [0.717, 1.165) is 17.9 Å². The summed E-state index contributed by atoms with van der Waals surface area (Å²) in [6.45, 7) is 1.24. The molecule has 3 aromatic rings. The maximum Gasteiger partial charge on any atom is 0.191 e. The minimum atomic E-state index is 0. The summed E-state index contributed by atoms with van der Waals surface area (Å²) in [4.78, 5) is 4.18. The summed E-state index contributed by atoms with van der Waals surface area (Å²) in [7, 11) is 1.72. The normalized spacial score (nSPS) is 10.8. The lowest BCUT2D eigenvalue weighted by Gasteiger charge is -2.10. The highest BCUT2D eigenvalue weighted by molar-refractivity contribution is 14.0. The number of nitrogen functional groups attached to an aromatic ring is 1. The summed E-state index contributed by atoms with van der Waals surface area (Å²) < 4.78 is 6.91. The predicted molar refractivity (Wildman–Crippen MR) is 123 cm³/mol. The fourth-order valence-electron chi connectivity index (χ4n) is 2.81. The first-order chi connectivity index (χ1) is 13.7. The van der Waals surface area contributed by atoms with Crippen molar-refractivity contribution in [1.82, 2.24) is 20.4 Å². The number of hydrogen-bond donors (Lipinski definition) is 3. The van der Waals surface area contributed by atoms with Gasteiger partial charge in [-0.1, -0.05) is 18.2 Å². The van der Waals surface area contributed by atoms with Crippen molar-refractivity contribution in [2.24, 2.45) is 4.99 Å². The summed E-state index contributed by atoms with van der Waals surface area (Å²) in [6.07, 6.45) is 3.05. The molecule has 152 valence electrons. The minimum Gasteiger partial charge on any atom is -0.467 e. The zero-order valence-electron chi connectivity index (χ0n) is 16.1.